The molecule has 3 aromatic rings. The molecule has 1 aromatic carbocycles. The maximum absolute atomic E-state index is 13.7. The van der Waals surface area contributed by atoms with E-state index < -0.39 is 0 Å². The van der Waals surface area contributed by atoms with Crippen LogP contribution < -0.4 is 9.64 Å². The van der Waals surface area contributed by atoms with Crippen molar-refractivity contribution in [3.05, 3.63) is 59.7 Å². The molecule has 2 aromatic heterocycles. The average Bonchev–Trinajstić information content (AvgIpc) is 3.12. The number of ether oxygens (including phenoxy) is 1. The Balaban J connectivity index is 1.40. The van der Waals surface area contributed by atoms with Crippen molar-refractivity contribution < 1.29 is 13.9 Å². The van der Waals surface area contributed by atoms with Crippen molar-refractivity contribution in [2.24, 2.45) is 5.92 Å². The maximum Gasteiger partial charge on any atom is 0.154 e. The molecular formula is C28H35FN4O2. The summed E-state index contributed by atoms with van der Waals surface area (Å²) in [6.07, 6.45) is 5.35. The Morgan fingerprint density at radius 3 is 2.74 bits per heavy atom. The molecule has 1 aliphatic heterocycles. The Hall–Kier alpha value is -3.22. The van der Waals surface area contributed by atoms with E-state index in [1.165, 1.54) is 6.07 Å². The van der Waals surface area contributed by atoms with Crippen LogP contribution in [0.15, 0.2) is 42.6 Å². The molecule has 0 saturated carbocycles. The molecule has 1 saturated heterocycles. The second kappa shape index (κ2) is 11.0. The molecule has 4 rings (SSSR count). The molecule has 6 nitrogen and oxygen atoms in total. The molecule has 1 fully saturated rings. The Morgan fingerprint density at radius 1 is 1.17 bits per heavy atom. The SMILES string of the molecule is COc1ccnc(N2CCCC(CC(=O)Cn3nc(-c4ccc(F)c(C)c4)cc3C(C)C)CC2)c1. The molecule has 0 amide bonds. The van der Waals surface area contributed by atoms with Gasteiger partial charge in [0.2, 0.25) is 0 Å². The summed E-state index contributed by atoms with van der Waals surface area (Å²) in [5, 5.41) is 4.74. The summed E-state index contributed by atoms with van der Waals surface area (Å²) in [7, 11) is 1.66. The number of halogens is 1. The number of nitrogens with zero attached hydrogens (tertiary/aromatic N) is 4. The minimum absolute atomic E-state index is 0.204. The number of carbonyl (C=O) groups excluding carboxylic acids is 1. The predicted octanol–water partition coefficient (Wildman–Crippen LogP) is 5.79. The number of Topliss-reactive ketones (excluding diaryl/α,β-unsaturated/α-hetero) is 1. The third kappa shape index (κ3) is 6.08. The van der Waals surface area contributed by atoms with E-state index in [1.807, 2.05) is 28.9 Å². The van der Waals surface area contributed by atoms with Gasteiger partial charge in [0.25, 0.3) is 0 Å². The van der Waals surface area contributed by atoms with E-state index in [0.29, 0.717) is 17.9 Å². The third-order valence-electron chi connectivity index (χ3n) is 6.82. The topological polar surface area (TPSA) is 60.2 Å². The van der Waals surface area contributed by atoms with Crippen LogP contribution in [0.5, 0.6) is 5.75 Å². The van der Waals surface area contributed by atoms with Gasteiger partial charge in [0.05, 0.1) is 19.3 Å². The van der Waals surface area contributed by atoms with Crippen LogP contribution in [0, 0.1) is 18.7 Å². The van der Waals surface area contributed by atoms with Crippen molar-refractivity contribution in [1.29, 1.82) is 0 Å². The number of hydrogen-bond donors (Lipinski definition) is 0. The maximum atomic E-state index is 13.7. The van der Waals surface area contributed by atoms with Gasteiger partial charge in [0, 0.05) is 43.0 Å². The number of hydrogen-bond acceptors (Lipinski definition) is 5. The number of methoxy groups -OCH3 is 1. The highest BCUT2D eigenvalue weighted by molar-refractivity contribution is 5.78. The molecule has 0 spiro atoms. The highest BCUT2D eigenvalue weighted by atomic mass is 19.1. The number of carbonyl (C=O) groups is 1. The first-order valence-corrected chi connectivity index (χ1v) is 12.4. The molecule has 0 aliphatic carbocycles. The van der Waals surface area contributed by atoms with Crippen molar-refractivity contribution >= 4 is 11.6 Å². The van der Waals surface area contributed by atoms with Crippen molar-refractivity contribution in [3.63, 3.8) is 0 Å². The zero-order valence-electron chi connectivity index (χ0n) is 21.1. The van der Waals surface area contributed by atoms with Crippen molar-refractivity contribution in [2.45, 2.75) is 58.9 Å². The third-order valence-corrected chi connectivity index (χ3v) is 6.82. The van der Waals surface area contributed by atoms with E-state index in [0.717, 1.165) is 60.9 Å². The second-order valence-electron chi connectivity index (χ2n) is 9.81. The lowest BCUT2D eigenvalue weighted by molar-refractivity contribution is -0.120. The highest BCUT2D eigenvalue weighted by Crippen LogP contribution is 2.28. The molecule has 1 unspecified atom stereocenters. The lowest BCUT2D eigenvalue weighted by Gasteiger charge is -2.22. The van der Waals surface area contributed by atoms with E-state index in [9.17, 15) is 9.18 Å². The standard InChI is InChI=1S/C28H35FN4O2/c1-19(2)27-17-26(22-7-8-25(29)20(3)14-22)31-33(27)18-23(34)15-21-6-5-12-32(13-10-21)28-16-24(35-4)9-11-30-28/h7-9,11,14,16-17,19,21H,5-6,10,12-13,15,18H2,1-4H3. The fourth-order valence-electron chi connectivity index (χ4n) is 4.82. The van der Waals surface area contributed by atoms with E-state index >= 15 is 0 Å². The number of rotatable bonds is 8. The molecule has 0 bridgehead atoms. The minimum Gasteiger partial charge on any atom is -0.497 e. The van der Waals surface area contributed by atoms with Gasteiger partial charge in [-0.3, -0.25) is 9.48 Å². The minimum atomic E-state index is -0.225. The summed E-state index contributed by atoms with van der Waals surface area (Å²) in [4.78, 5) is 19.9. The Kier molecular flexibility index (Phi) is 7.83. The summed E-state index contributed by atoms with van der Waals surface area (Å²) in [5.74, 6) is 2.30. The van der Waals surface area contributed by atoms with Crippen LogP contribution in [0.4, 0.5) is 10.2 Å². The van der Waals surface area contributed by atoms with Crippen LogP contribution in [-0.2, 0) is 11.3 Å². The Bertz CT molecular complexity index is 1170. The van der Waals surface area contributed by atoms with Gasteiger partial charge >= 0.3 is 0 Å². The number of aromatic nitrogens is 3. The van der Waals surface area contributed by atoms with Crippen molar-refractivity contribution in [1.82, 2.24) is 14.8 Å². The number of ketones is 1. The number of pyridine rings is 1. The summed E-state index contributed by atoms with van der Waals surface area (Å²) in [6.45, 7) is 8.04. The first-order chi connectivity index (χ1) is 16.8. The molecule has 0 N–H and O–H groups in total. The van der Waals surface area contributed by atoms with Gasteiger partial charge in [-0.05, 0) is 73.9 Å². The van der Waals surface area contributed by atoms with Gasteiger partial charge in [-0.1, -0.05) is 13.8 Å². The van der Waals surface area contributed by atoms with Crippen molar-refractivity contribution in [3.8, 4) is 17.0 Å². The zero-order valence-corrected chi connectivity index (χ0v) is 21.1. The highest BCUT2D eigenvalue weighted by Gasteiger charge is 2.22. The summed E-state index contributed by atoms with van der Waals surface area (Å²) in [6, 6.07) is 10.9. The molecule has 35 heavy (non-hydrogen) atoms. The van der Waals surface area contributed by atoms with Crippen LogP contribution >= 0.6 is 0 Å². The van der Waals surface area contributed by atoms with Crippen LogP contribution in [0.2, 0.25) is 0 Å². The molecule has 186 valence electrons. The van der Waals surface area contributed by atoms with E-state index in [1.54, 1.807) is 26.3 Å². The number of benzene rings is 1. The quantitative estimate of drug-likeness (QED) is 0.410. The van der Waals surface area contributed by atoms with Crippen LogP contribution in [0.25, 0.3) is 11.3 Å². The largest absolute Gasteiger partial charge is 0.497 e. The fourth-order valence-corrected chi connectivity index (χ4v) is 4.82. The lowest BCUT2D eigenvalue weighted by Crippen LogP contribution is -2.25. The molecule has 0 radical (unpaired) electrons. The fraction of sp³-hybridized carbons (Fsp3) is 0.464. The van der Waals surface area contributed by atoms with Crippen LogP contribution in [0.3, 0.4) is 0 Å². The average molecular weight is 479 g/mol. The summed E-state index contributed by atoms with van der Waals surface area (Å²) >= 11 is 0. The molecule has 3 heterocycles. The zero-order chi connectivity index (χ0) is 24.9. The van der Waals surface area contributed by atoms with Gasteiger partial charge in [0.1, 0.15) is 17.4 Å². The lowest BCUT2D eigenvalue weighted by atomic mass is 9.94. The Morgan fingerprint density at radius 2 is 2.00 bits per heavy atom. The molecular weight excluding hydrogens is 443 g/mol. The number of aryl methyl sites for hydroxylation is 1. The van der Waals surface area contributed by atoms with Crippen LogP contribution in [0.1, 0.15) is 56.7 Å². The predicted molar refractivity (Wildman–Crippen MR) is 136 cm³/mol. The smallest absolute Gasteiger partial charge is 0.154 e. The monoisotopic (exact) mass is 478 g/mol. The number of anilines is 1. The first-order valence-electron chi connectivity index (χ1n) is 12.4. The van der Waals surface area contributed by atoms with Gasteiger partial charge in [-0.2, -0.15) is 5.10 Å². The molecule has 1 atom stereocenters. The normalized spacial score (nSPS) is 16.4. The molecule has 7 heteroatoms. The van der Waals surface area contributed by atoms with Gasteiger partial charge < -0.3 is 9.64 Å². The second-order valence-corrected chi connectivity index (χ2v) is 9.81. The van der Waals surface area contributed by atoms with Gasteiger partial charge in [0.15, 0.2) is 5.78 Å². The van der Waals surface area contributed by atoms with Crippen LogP contribution in [-0.4, -0.2) is 40.7 Å². The Labute approximate surface area is 207 Å². The van der Waals surface area contributed by atoms with Gasteiger partial charge in [-0.15, -0.1) is 0 Å². The van der Waals surface area contributed by atoms with E-state index in [2.05, 4.69) is 23.7 Å². The van der Waals surface area contributed by atoms with Crippen molar-refractivity contribution in [2.75, 3.05) is 25.1 Å². The van der Waals surface area contributed by atoms with Gasteiger partial charge in [-0.25, -0.2) is 9.37 Å². The summed E-state index contributed by atoms with van der Waals surface area (Å²) < 4.78 is 20.9. The molecule has 1 aliphatic rings. The first kappa shape index (κ1) is 24.9. The van der Waals surface area contributed by atoms with E-state index in [4.69, 9.17) is 9.84 Å². The summed E-state index contributed by atoms with van der Waals surface area (Å²) in [5.41, 5.74) is 3.25. The van der Waals surface area contributed by atoms with E-state index in [-0.39, 0.29) is 24.1 Å².